The molecule has 7 nitrogen and oxygen atoms in total. The fraction of sp³-hybridized carbons (Fsp3) is 0.211. The van der Waals surface area contributed by atoms with Gasteiger partial charge in [-0.2, -0.15) is 0 Å². The first kappa shape index (κ1) is 20.6. The summed E-state index contributed by atoms with van der Waals surface area (Å²) in [7, 11) is 0. The number of thiophene rings is 1. The molecule has 4 rings (SSSR count). The summed E-state index contributed by atoms with van der Waals surface area (Å²) in [6, 6.07) is 10.3. The maximum absolute atomic E-state index is 14.2. The Kier molecular flexibility index (Phi) is 6.50. The summed E-state index contributed by atoms with van der Waals surface area (Å²) in [5.74, 6) is -0.228. The largest absolute Gasteiger partial charge is 0.274 e. The Morgan fingerprint density at radius 2 is 2.10 bits per heavy atom. The number of aryl methyl sites for hydroxylation is 2. The van der Waals surface area contributed by atoms with E-state index in [1.165, 1.54) is 45.9 Å². The number of carbonyl (C=O) groups is 1. The molecule has 0 saturated heterocycles. The van der Waals surface area contributed by atoms with Crippen molar-refractivity contribution in [2.45, 2.75) is 30.8 Å². The highest BCUT2D eigenvalue weighted by Crippen LogP contribution is 2.32. The normalized spacial score (nSPS) is 11.0. The Morgan fingerprint density at radius 3 is 2.87 bits per heavy atom. The summed E-state index contributed by atoms with van der Waals surface area (Å²) < 4.78 is 16.0. The molecule has 0 N–H and O–H groups in total. The molecular weight excluding hydrogens is 443 g/mol. The zero-order chi connectivity index (χ0) is 20.9. The van der Waals surface area contributed by atoms with Crippen LogP contribution in [0.15, 0.2) is 52.3 Å². The number of hydrogen-bond donors (Lipinski definition) is 0. The lowest BCUT2D eigenvalue weighted by Gasteiger charge is -2.18. The second-order valence-corrected chi connectivity index (χ2v) is 9.04. The summed E-state index contributed by atoms with van der Waals surface area (Å²) in [5.41, 5.74) is 0.964. The van der Waals surface area contributed by atoms with Crippen molar-refractivity contribution in [1.82, 2.24) is 25.2 Å². The molecule has 0 bridgehead atoms. The van der Waals surface area contributed by atoms with E-state index in [2.05, 4.69) is 32.0 Å². The second-order valence-electron chi connectivity index (χ2n) is 6.23. The topological polar surface area (TPSA) is 76.8 Å². The maximum atomic E-state index is 14.2. The van der Waals surface area contributed by atoms with Gasteiger partial charge in [-0.25, -0.2) is 14.1 Å². The molecule has 0 unspecified atom stereocenters. The highest BCUT2D eigenvalue weighted by Gasteiger charge is 2.21. The van der Waals surface area contributed by atoms with Crippen LogP contribution in [-0.2, 0) is 23.5 Å². The number of anilines is 2. The predicted octanol–water partition coefficient (Wildman–Crippen LogP) is 4.55. The van der Waals surface area contributed by atoms with Crippen LogP contribution in [0.3, 0.4) is 0 Å². The van der Waals surface area contributed by atoms with Gasteiger partial charge < -0.3 is 0 Å². The van der Waals surface area contributed by atoms with Gasteiger partial charge in [-0.3, -0.25) is 9.69 Å². The van der Waals surface area contributed by atoms with E-state index in [-0.39, 0.29) is 11.6 Å². The number of thiazole rings is 1. The zero-order valence-electron chi connectivity index (χ0n) is 15.9. The third kappa shape index (κ3) is 4.74. The molecule has 0 atom stereocenters. The van der Waals surface area contributed by atoms with Gasteiger partial charge in [-0.15, -0.1) is 27.8 Å². The number of benzene rings is 1. The number of thioether (sulfide) groups is 1. The smallest absolute Gasteiger partial charge is 0.230 e. The summed E-state index contributed by atoms with van der Waals surface area (Å²) >= 11 is 4.48. The van der Waals surface area contributed by atoms with Crippen LogP contribution in [0.25, 0.3) is 0 Å². The molecule has 30 heavy (non-hydrogen) atoms. The monoisotopic (exact) mass is 460 g/mol. The van der Waals surface area contributed by atoms with Crippen LogP contribution in [0.5, 0.6) is 0 Å². The van der Waals surface area contributed by atoms with E-state index in [9.17, 15) is 9.18 Å². The van der Waals surface area contributed by atoms with Gasteiger partial charge in [-0.05, 0) is 34.0 Å². The molecule has 3 heterocycles. The number of aromatic nitrogens is 5. The van der Waals surface area contributed by atoms with Crippen molar-refractivity contribution in [3.8, 4) is 0 Å². The van der Waals surface area contributed by atoms with E-state index < -0.39 is 5.82 Å². The lowest BCUT2D eigenvalue weighted by atomic mass is 10.3. The van der Waals surface area contributed by atoms with E-state index in [0.29, 0.717) is 22.6 Å². The van der Waals surface area contributed by atoms with Crippen LogP contribution in [0.2, 0.25) is 0 Å². The summed E-state index contributed by atoms with van der Waals surface area (Å²) in [5, 5.41) is 17.0. The number of halogens is 1. The average Bonchev–Trinajstić information content (AvgIpc) is 3.48. The van der Waals surface area contributed by atoms with Crippen LogP contribution in [0.4, 0.5) is 15.2 Å². The van der Waals surface area contributed by atoms with E-state index >= 15 is 0 Å². The van der Waals surface area contributed by atoms with E-state index in [1.54, 1.807) is 34.2 Å². The van der Waals surface area contributed by atoms with Crippen LogP contribution >= 0.6 is 34.4 Å². The van der Waals surface area contributed by atoms with Crippen LogP contribution in [0, 0.1) is 5.82 Å². The number of carbonyl (C=O) groups excluding carboxylic acids is 1. The van der Waals surface area contributed by atoms with Gasteiger partial charge in [0.05, 0.1) is 17.9 Å². The molecule has 1 amide bonds. The molecule has 11 heteroatoms. The average molecular weight is 461 g/mol. The number of nitrogens with zero attached hydrogens (tertiary/aromatic N) is 6. The van der Waals surface area contributed by atoms with E-state index in [4.69, 9.17) is 0 Å². The predicted molar refractivity (Wildman–Crippen MR) is 117 cm³/mol. The second kappa shape index (κ2) is 9.45. The highest BCUT2D eigenvalue weighted by atomic mass is 32.2. The van der Waals surface area contributed by atoms with Gasteiger partial charge in [0.15, 0.2) is 5.13 Å². The number of para-hydroxylation sites is 1. The Morgan fingerprint density at radius 1 is 1.23 bits per heavy atom. The SMILES string of the molecule is CC(=O)N(c1nc(CSc2nnnn2CCc2cccs2)cs1)c1ccccc1F. The third-order valence-electron chi connectivity index (χ3n) is 4.14. The van der Waals surface area contributed by atoms with Crippen molar-refractivity contribution in [3.63, 3.8) is 0 Å². The molecule has 3 aromatic heterocycles. The van der Waals surface area contributed by atoms with Gasteiger partial charge in [0.25, 0.3) is 0 Å². The molecule has 0 aliphatic rings. The molecular formula is C19H17FN6OS3. The summed E-state index contributed by atoms with van der Waals surface area (Å²) in [4.78, 5) is 19.3. The van der Waals surface area contributed by atoms with Crippen molar-refractivity contribution >= 4 is 51.2 Å². The number of rotatable bonds is 8. The molecule has 0 fully saturated rings. The molecule has 4 aromatic rings. The van der Waals surface area contributed by atoms with E-state index in [1.807, 2.05) is 11.4 Å². The van der Waals surface area contributed by atoms with Crippen LogP contribution in [0.1, 0.15) is 17.5 Å². The first-order valence-electron chi connectivity index (χ1n) is 9.03. The lowest BCUT2D eigenvalue weighted by molar-refractivity contribution is -0.115. The molecule has 1 aromatic carbocycles. The Labute approximate surface area is 184 Å². The van der Waals surface area contributed by atoms with Gasteiger partial charge in [-0.1, -0.05) is 30.0 Å². The maximum Gasteiger partial charge on any atom is 0.230 e. The molecule has 154 valence electrons. The number of hydrogen-bond acceptors (Lipinski definition) is 8. The van der Waals surface area contributed by atoms with Crippen molar-refractivity contribution < 1.29 is 9.18 Å². The minimum absolute atomic E-state index is 0.191. The number of amides is 1. The zero-order valence-corrected chi connectivity index (χ0v) is 18.4. The van der Waals surface area contributed by atoms with Gasteiger partial charge in [0.2, 0.25) is 11.1 Å². The van der Waals surface area contributed by atoms with Crippen LogP contribution in [-0.4, -0.2) is 31.1 Å². The molecule has 0 aliphatic carbocycles. The third-order valence-corrected chi connectivity index (χ3v) is 6.94. The minimum Gasteiger partial charge on any atom is -0.274 e. The molecule has 0 aliphatic heterocycles. The summed E-state index contributed by atoms with van der Waals surface area (Å²) in [6.45, 7) is 2.09. The fourth-order valence-corrected chi connectivity index (χ4v) is 5.23. The number of tetrazole rings is 1. The Bertz CT molecular complexity index is 1130. The fourth-order valence-electron chi connectivity index (χ4n) is 2.76. The molecule has 0 spiro atoms. The van der Waals surface area contributed by atoms with Crippen molar-refractivity contribution in [3.05, 3.63) is 63.5 Å². The Hall–Kier alpha value is -2.63. The van der Waals surface area contributed by atoms with Gasteiger partial charge in [0.1, 0.15) is 5.82 Å². The molecule has 0 saturated carbocycles. The first-order chi connectivity index (χ1) is 14.6. The van der Waals surface area contributed by atoms with Gasteiger partial charge >= 0.3 is 0 Å². The van der Waals surface area contributed by atoms with Crippen molar-refractivity contribution in [2.24, 2.45) is 0 Å². The minimum atomic E-state index is -0.469. The lowest BCUT2D eigenvalue weighted by Crippen LogP contribution is -2.23. The molecule has 0 radical (unpaired) electrons. The van der Waals surface area contributed by atoms with Crippen molar-refractivity contribution in [2.75, 3.05) is 4.90 Å². The quantitative estimate of drug-likeness (QED) is 0.359. The standard InChI is InChI=1S/C19H17FN6OS3/c1-13(27)26(17-7-3-2-6-16(17)20)18-21-14(11-29-18)12-30-19-22-23-24-25(19)9-8-15-5-4-10-28-15/h2-7,10-11H,8-9,12H2,1H3. The first-order valence-corrected chi connectivity index (χ1v) is 11.8. The van der Waals surface area contributed by atoms with E-state index in [0.717, 1.165) is 12.1 Å². The van der Waals surface area contributed by atoms with Crippen LogP contribution < -0.4 is 4.90 Å². The van der Waals surface area contributed by atoms with Gasteiger partial charge in [0, 0.05) is 29.4 Å². The highest BCUT2D eigenvalue weighted by molar-refractivity contribution is 7.98. The van der Waals surface area contributed by atoms with Crippen molar-refractivity contribution in [1.29, 1.82) is 0 Å². The summed E-state index contributed by atoms with van der Waals surface area (Å²) in [6.07, 6.45) is 0.868. The Balaban J connectivity index is 1.43.